The second kappa shape index (κ2) is 13.2. The molecule has 5 heteroatoms. The predicted molar refractivity (Wildman–Crippen MR) is 106 cm³/mol. The van der Waals surface area contributed by atoms with Crippen LogP contribution in [0.15, 0.2) is 36.7 Å². The highest BCUT2D eigenvalue weighted by atomic mass is 16.4. The zero-order valence-corrected chi connectivity index (χ0v) is 16.2. The normalized spacial score (nSPS) is 12.9. The molecular weight excluding hydrogens is 328 g/mol. The van der Waals surface area contributed by atoms with Crippen LogP contribution in [-0.4, -0.2) is 46.2 Å². The number of carboxylic acids is 1. The molecule has 0 saturated heterocycles. The molecular formula is C21H34N2O3. The first kappa shape index (κ1) is 22.0. The van der Waals surface area contributed by atoms with Crippen LogP contribution in [0.4, 0.5) is 0 Å². The molecule has 1 aliphatic rings. The first-order chi connectivity index (χ1) is 12.6. The fraction of sp³-hybridized carbons (Fsp3) is 0.571. The van der Waals surface area contributed by atoms with E-state index in [1.54, 1.807) is 12.1 Å². The molecule has 0 saturated carbocycles. The van der Waals surface area contributed by atoms with Gasteiger partial charge in [0.25, 0.3) is 0 Å². The van der Waals surface area contributed by atoms with E-state index >= 15 is 0 Å². The monoisotopic (exact) mass is 362 g/mol. The van der Waals surface area contributed by atoms with Crippen molar-refractivity contribution < 1.29 is 15.0 Å². The van der Waals surface area contributed by atoms with Gasteiger partial charge >= 0.3 is 5.97 Å². The quantitative estimate of drug-likeness (QED) is 0.608. The molecule has 0 aromatic heterocycles. The van der Waals surface area contributed by atoms with Crippen molar-refractivity contribution in [2.75, 3.05) is 20.3 Å². The number of carbonyl (C=O) groups is 1. The summed E-state index contributed by atoms with van der Waals surface area (Å²) in [7, 11) is 2.13. The van der Waals surface area contributed by atoms with Gasteiger partial charge in [0.1, 0.15) is 0 Å². The Hall–Kier alpha value is -2.01. The Balaban J connectivity index is 0.000000273. The predicted octanol–water partition coefficient (Wildman–Crippen LogP) is 4.29. The van der Waals surface area contributed by atoms with Crippen molar-refractivity contribution >= 4 is 5.97 Å². The standard InChI is InChI=1S/C13H26N2.C8H8O3/c1-3-4-5-6-7-8-9-10-15-12-11-14(2)13-15;9-5-6-1-3-7(4-2-6)8(10)11/h11-12H,3-10,13H2,1-2H3;1-4,9H,5H2,(H,10,11). The number of rotatable bonds is 10. The van der Waals surface area contributed by atoms with Crippen LogP contribution in [0.5, 0.6) is 0 Å². The van der Waals surface area contributed by atoms with Gasteiger partial charge in [-0.2, -0.15) is 0 Å². The van der Waals surface area contributed by atoms with Gasteiger partial charge in [0.05, 0.1) is 18.8 Å². The first-order valence-electron chi connectivity index (χ1n) is 9.62. The topological polar surface area (TPSA) is 64.0 Å². The second-order valence-electron chi connectivity index (χ2n) is 6.79. The Bertz CT molecular complexity index is 529. The zero-order valence-electron chi connectivity index (χ0n) is 16.2. The van der Waals surface area contributed by atoms with E-state index in [1.807, 2.05) is 0 Å². The molecule has 1 heterocycles. The maximum Gasteiger partial charge on any atom is 0.335 e. The largest absolute Gasteiger partial charge is 0.478 e. The lowest BCUT2D eigenvalue weighted by molar-refractivity contribution is 0.0697. The van der Waals surface area contributed by atoms with Crippen molar-refractivity contribution in [1.29, 1.82) is 0 Å². The van der Waals surface area contributed by atoms with Crippen molar-refractivity contribution in [2.24, 2.45) is 0 Å². The highest BCUT2D eigenvalue weighted by Crippen LogP contribution is 2.09. The van der Waals surface area contributed by atoms with E-state index in [0.29, 0.717) is 0 Å². The van der Waals surface area contributed by atoms with Crippen LogP contribution in [0.25, 0.3) is 0 Å². The van der Waals surface area contributed by atoms with Crippen molar-refractivity contribution in [3.63, 3.8) is 0 Å². The lowest BCUT2D eigenvalue weighted by atomic mass is 10.1. The number of hydrogen-bond acceptors (Lipinski definition) is 4. The number of unbranched alkanes of at least 4 members (excludes halogenated alkanes) is 6. The third kappa shape index (κ3) is 9.47. The van der Waals surface area contributed by atoms with Crippen molar-refractivity contribution in [3.8, 4) is 0 Å². The van der Waals surface area contributed by atoms with Crippen LogP contribution < -0.4 is 0 Å². The Morgan fingerprint density at radius 1 is 1.00 bits per heavy atom. The summed E-state index contributed by atoms with van der Waals surface area (Å²) in [6.45, 7) is 4.53. The van der Waals surface area contributed by atoms with Gasteiger partial charge in [0.15, 0.2) is 0 Å². The molecule has 0 fully saturated rings. The van der Waals surface area contributed by atoms with Crippen molar-refractivity contribution in [2.45, 2.75) is 58.5 Å². The minimum absolute atomic E-state index is 0.0557. The molecule has 0 aliphatic carbocycles. The number of hydrogen-bond donors (Lipinski definition) is 2. The van der Waals surface area contributed by atoms with Crippen LogP contribution in [0.3, 0.4) is 0 Å². The Morgan fingerprint density at radius 3 is 2.12 bits per heavy atom. The van der Waals surface area contributed by atoms with Gasteiger partial charge < -0.3 is 20.0 Å². The van der Waals surface area contributed by atoms with E-state index in [2.05, 4.69) is 36.2 Å². The number of nitrogens with zero attached hydrogens (tertiary/aromatic N) is 2. The molecule has 0 unspecified atom stereocenters. The molecule has 2 rings (SSSR count). The van der Waals surface area contributed by atoms with Crippen LogP contribution in [0.2, 0.25) is 0 Å². The fourth-order valence-corrected chi connectivity index (χ4v) is 2.76. The summed E-state index contributed by atoms with van der Waals surface area (Å²) in [5.74, 6) is -0.950. The molecule has 5 nitrogen and oxygen atoms in total. The van der Waals surface area contributed by atoms with E-state index in [4.69, 9.17) is 10.2 Å². The summed E-state index contributed by atoms with van der Waals surface area (Å²) in [6.07, 6.45) is 14.2. The average molecular weight is 363 g/mol. The lowest BCUT2D eigenvalue weighted by Gasteiger charge is -2.17. The molecule has 0 bridgehead atoms. The summed E-state index contributed by atoms with van der Waals surface area (Å²) < 4.78 is 0. The van der Waals surface area contributed by atoms with Gasteiger partial charge in [-0.25, -0.2) is 4.79 Å². The number of aromatic carboxylic acids is 1. The van der Waals surface area contributed by atoms with Crippen molar-refractivity contribution in [1.82, 2.24) is 9.80 Å². The summed E-state index contributed by atoms with van der Waals surface area (Å²) in [5, 5.41) is 17.1. The minimum atomic E-state index is -0.950. The smallest absolute Gasteiger partial charge is 0.335 e. The number of aliphatic hydroxyl groups is 1. The third-order valence-electron chi connectivity index (χ3n) is 4.37. The number of carboxylic acid groups (broad SMARTS) is 1. The van der Waals surface area contributed by atoms with Crippen LogP contribution in [-0.2, 0) is 6.61 Å². The molecule has 1 aromatic rings. The fourth-order valence-electron chi connectivity index (χ4n) is 2.76. The Morgan fingerprint density at radius 2 is 1.62 bits per heavy atom. The maximum absolute atomic E-state index is 10.3. The molecule has 0 atom stereocenters. The van der Waals surface area contributed by atoms with Gasteiger partial charge in [-0.05, 0) is 24.1 Å². The van der Waals surface area contributed by atoms with E-state index in [0.717, 1.165) is 12.2 Å². The van der Waals surface area contributed by atoms with Crippen LogP contribution in [0, 0.1) is 0 Å². The van der Waals surface area contributed by atoms with Gasteiger partial charge in [-0.1, -0.05) is 57.6 Å². The van der Waals surface area contributed by atoms with Gasteiger partial charge in [-0.15, -0.1) is 0 Å². The SMILES string of the molecule is CCCCCCCCCN1C=CN(C)C1.O=C(O)c1ccc(CO)cc1. The minimum Gasteiger partial charge on any atom is -0.478 e. The summed E-state index contributed by atoms with van der Waals surface area (Å²) >= 11 is 0. The van der Waals surface area contributed by atoms with Crippen molar-refractivity contribution in [3.05, 3.63) is 47.8 Å². The summed E-state index contributed by atoms with van der Waals surface area (Å²) in [6, 6.07) is 6.11. The second-order valence-corrected chi connectivity index (χ2v) is 6.79. The third-order valence-corrected chi connectivity index (χ3v) is 4.37. The van der Waals surface area contributed by atoms with Crippen LogP contribution >= 0.6 is 0 Å². The maximum atomic E-state index is 10.3. The highest BCUT2D eigenvalue weighted by molar-refractivity contribution is 5.87. The zero-order chi connectivity index (χ0) is 19.2. The lowest BCUT2D eigenvalue weighted by Crippen LogP contribution is -2.23. The van der Waals surface area contributed by atoms with Gasteiger partial charge in [0.2, 0.25) is 0 Å². The van der Waals surface area contributed by atoms with Crippen LogP contribution in [0.1, 0.15) is 67.8 Å². The van der Waals surface area contributed by atoms with E-state index in [-0.39, 0.29) is 12.2 Å². The molecule has 0 spiro atoms. The molecule has 146 valence electrons. The molecule has 0 radical (unpaired) electrons. The first-order valence-corrected chi connectivity index (χ1v) is 9.62. The molecule has 1 aromatic carbocycles. The number of aliphatic hydroxyl groups excluding tert-OH is 1. The number of benzene rings is 1. The molecule has 26 heavy (non-hydrogen) atoms. The molecule has 0 amide bonds. The summed E-state index contributed by atoms with van der Waals surface area (Å²) in [4.78, 5) is 15.0. The molecule has 1 aliphatic heterocycles. The van der Waals surface area contributed by atoms with E-state index < -0.39 is 5.97 Å². The van der Waals surface area contributed by atoms with E-state index in [1.165, 1.54) is 63.6 Å². The van der Waals surface area contributed by atoms with E-state index in [9.17, 15) is 4.79 Å². The summed E-state index contributed by atoms with van der Waals surface area (Å²) in [5.41, 5.74) is 0.956. The Labute approximate surface area is 157 Å². The Kier molecular flexibility index (Phi) is 11.2. The molecule has 2 N–H and O–H groups in total. The van der Waals surface area contributed by atoms with Gasteiger partial charge in [-0.3, -0.25) is 0 Å². The highest BCUT2D eigenvalue weighted by Gasteiger charge is 2.06. The average Bonchev–Trinajstić information content (AvgIpc) is 3.07. The van der Waals surface area contributed by atoms with Gasteiger partial charge in [0, 0.05) is 26.0 Å².